The summed E-state index contributed by atoms with van der Waals surface area (Å²) >= 11 is 5.97. The number of aliphatic hydroxyl groups is 1. The third kappa shape index (κ3) is 4.78. The largest absolute Gasteiger partial charge is 0.396 e. The van der Waals surface area contributed by atoms with Crippen molar-refractivity contribution in [3.63, 3.8) is 0 Å². The number of rotatable bonds is 6. The minimum atomic E-state index is 0.0180. The predicted octanol–water partition coefficient (Wildman–Crippen LogP) is 3.07. The van der Waals surface area contributed by atoms with Crippen molar-refractivity contribution in [2.24, 2.45) is 5.41 Å². The summed E-state index contributed by atoms with van der Waals surface area (Å²) in [4.78, 5) is 8.62. The first-order chi connectivity index (χ1) is 8.34. The van der Waals surface area contributed by atoms with Gasteiger partial charge >= 0.3 is 0 Å². The first kappa shape index (κ1) is 15.2. The molecule has 0 bridgehead atoms. The number of hydrogen-bond acceptors (Lipinski definition) is 4. The van der Waals surface area contributed by atoms with Crippen molar-refractivity contribution in [1.82, 2.24) is 9.97 Å². The maximum absolute atomic E-state index is 8.99. The molecule has 1 heterocycles. The van der Waals surface area contributed by atoms with Crippen LogP contribution in [-0.4, -0.2) is 28.2 Å². The molecule has 2 N–H and O–H groups in total. The van der Waals surface area contributed by atoms with Crippen LogP contribution < -0.4 is 5.32 Å². The Morgan fingerprint density at radius 1 is 1.39 bits per heavy atom. The van der Waals surface area contributed by atoms with Crippen molar-refractivity contribution in [3.8, 4) is 0 Å². The Labute approximate surface area is 114 Å². The van der Waals surface area contributed by atoms with E-state index in [1.165, 1.54) is 0 Å². The fraction of sp³-hybridized carbons (Fsp3) is 0.692. The lowest BCUT2D eigenvalue weighted by molar-refractivity contribution is 0.220. The molecule has 0 aliphatic heterocycles. The second kappa shape index (κ2) is 6.34. The second-order valence-corrected chi connectivity index (χ2v) is 5.97. The van der Waals surface area contributed by atoms with E-state index < -0.39 is 0 Å². The van der Waals surface area contributed by atoms with Crippen LogP contribution in [0.15, 0.2) is 6.07 Å². The lowest BCUT2D eigenvalue weighted by atomic mass is 9.90. The highest BCUT2D eigenvalue weighted by Gasteiger charge is 2.17. The molecule has 1 rings (SSSR count). The third-order valence-corrected chi connectivity index (χ3v) is 2.96. The van der Waals surface area contributed by atoms with Crippen molar-refractivity contribution < 1.29 is 5.11 Å². The Morgan fingerprint density at radius 2 is 2.06 bits per heavy atom. The standard InChI is InChI=1S/C13H22ClN3O/c1-9(2)12-16-10(14)7-11(17-12)15-8-13(3,4)5-6-18/h7,9,18H,5-6,8H2,1-4H3,(H,15,16,17). The maximum Gasteiger partial charge on any atom is 0.135 e. The van der Waals surface area contributed by atoms with Gasteiger partial charge in [-0.1, -0.05) is 39.3 Å². The highest BCUT2D eigenvalue weighted by atomic mass is 35.5. The van der Waals surface area contributed by atoms with Crippen LogP contribution in [0.4, 0.5) is 5.82 Å². The summed E-state index contributed by atoms with van der Waals surface area (Å²) in [5.74, 6) is 1.73. The number of nitrogens with one attached hydrogen (secondary N) is 1. The van der Waals surface area contributed by atoms with Gasteiger partial charge in [-0.2, -0.15) is 0 Å². The summed E-state index contributed by atoms with van der Waals surface area (Å²) in [5.41, 5.74) is 0.0180. The third-order valence-electron chi connectivity index (χ3n) is 2.77. The molecule has 0 aliphatic carbocycles. The molecule has 5 heteroatoms. The summed E-state index contributed by atoms with van der Waals surface area (Å²) in [6.07, 6.45) is 0.746. The number of halogens is 1. The number of nitrogens with zero attached hydrogens (tertiary/aromatic N) is 2. The van der Waals surface area contributed by atoms with E-state index in [1.54, 1.807) is 6.07 Å². The number of hydrogen-bond donors (Lipinski definition) is 2. The van der Waals surface area contributed by atoms with Crippen LogP contribution in [0.1, 0.15) is 45.9 Å². The number of aromatic nitrogens is 2. The van der Waals surface area contributed by atoms with Gasteiger partial charge in [0.25, 0.3) is 0 Å². The Morgan fingerprint density at radius 3 is 2.61 bits per heavy atom. The quantitative estimate of drug-likeness (QED) is 0.781. The van der Waals surface area contributed by atoms with Crippen LogP contribution in [0.2, 0.25) is 5.15 Å². The molecule has 0 fully saturated rings. The number of anilines is 1. The van der Waals surface area contributed by atoms with Gasteiger partial charge in [-0.25, -0.2) is 9.97 Å². The highest BCUT2D eigenvalue weighted by Crippen LogP contribution is 2.22. The molecule has 102 valence electrons. The van der Waals surface area contributed by atoms with E-state index in [1.807, 2.05) is 13.8 Å². The topological polar surface area (TPSA) is 58.0 Å². The van der Waals surface area contributed by atoms with Gasteiger partial charge in [0.2, 0.25) is 0 Å². The summed E-state index contributed by atoms with van der Waals surface area (Å²) < 4.78 is 0. The Balaban J connectivity index is 2.73. The lowest BCUT2D eigenvalue weighted by Crippen LogP contribution is -2.24. The zero-order valence-corrected chi connectivity index (χ0v) is 12.3. The molecule has 0 atom stereocenters. The Hall–Kier alpha value is -0.870. The second-order valence-electron chi connectivity index (χ2n) is 5.58. The van der Waals surface area contributed by atoms with E-state index in [9.17, 15) is 0 Å². The molecule has 0 saturated heterocycles. The molecule has 0 radical (unpaired) electrons. The molecule has 0 saturated carbocycles. The fourth-order valence-electron chi connectivity index (χ4n) is 1.50. The van der Waals surface area contributed by atoms with Gasteiger partial charge in [-0.15, -0.1) is 0 Å². The summed E-state index contributed by atoms with van der Waals surface area (Å²) in [7, 11) is 0. The molecule has 4 nitrogen and oxygen atoms in total. The monoisotopic (exact) mass is 271 g/mol. The minimum absolute atomic E-state index is 0.0180. The van der Waals surface area contributed by atoms with Crippen molar-refractivity contribution in [3.05, 3.63) is 17.0 Å². The van der Waals surface area contributed by atoms with Crippen LogP contribution in [-0.2, 0) is 0 Å². The van der Waals surface area contributed by atoms with E-state index in [0.29, 0.717) is 5.15 Å². The molecule has 18 heavy (non-hydrogen) atoms. The van der Waals surface area contributed by atoms with Gasteiger partial charge in [0.05, 0.1) is 0 Å². The van der Waals surface area contributed by atoms with Crippen LogP contribution in [0, 0.1) is 5.41 Å². The zero-order chi connectivity index (χ0) is 13.8. The highest BCUT2D eigenvalue weighted by molar-refractivity contribution is 6.29. The van der Waals surface area contributed by atoms with Gasteiger partial charge in [0.15, 0.2) is 0 Å². The van der Waals surface area contributed by atoms with Crippen molar-refractivity contribution in [1.29, 1.82) is 0 Å². The van der Waals surface area contributed by atoms with Gasteiger partial charge in [0, 0.05) is 25.1 Å². The summed E-state index contributed by atoms with van der Waals surface area (Å²) in [5, 5.41) is 12.7. The first-order valence-electron chi connectivity index (χ1n) is 6.23. The molecule has 0 amide bonds. The van der Waals surface area contributed by atoms with E-state index >= 15 is 0 Å². The Kier molecular flexibility index (Phi) is 5.35. The van der Waals surface area contributed by atoms with Crippen LogP contribution >= 0.6 is 11.6 Å². The smallest absolute Gasteiger partial charge is 0.135 e. The molecule has 0 aromatic carbocycles. The van der Waals surface area contributed by atoms with E-state index in [4.69, 9.17) is 16.7 Å². The summed E-state index contributed by atoms with van der Waals surface area (Å²) in [6, 6.07) is 1.72. The van der Waals surface area contributed by atoms with Gasteiger partial charge < -0.3 is 10.4 Å². The van der Waals surface area contributed by atoms with Crippen molar-refractivity contribution in [2.45, 2.75) is 40.0 Å². The first-order valence-corrected chi connectivity index (χ1v) is 6.61. The number of aliphatic hydroxyl groups excluding tert-OH is 1. The van der Waals surface area contributed by atoms with E-state index in [0.717, 1.165) is 24.6 Å². The molecule has 0 aliphatic rings. The maximum atomic E-state index is 8.99. The summed E-state index contributed by atoms with van der Waals surface area (Å²) in [6.45, 7) is 9.19. The van der Waals surface area contributed by atoms with E-state index in [2.05, 4.69) is 29.1 Å². The molecular formula is C13H22ClN3O. The lowest BCUT2D eigenvalue weighted by Gasteiger charge is -2.24. The molecular weight excluding hydrogens is 250 g/mol. The predicted molar refractivity (Wildman–Crippen MR) is 75.1 cm³/mol. The molecule has 0 spiro atoms. The molecule has 1 aromatic rings. The van der Waals surface area contributed by atoms with Crippen LogP contribution in [0.5, 0.6) is 0 Å². The van der Waals surface area contributed by atoms with Gasteiger partial charge in [-0.3, -0.25) is 0 Å². The average Bonchev–Trinajstić information content (AvgIpc) is 2.26. The van der Waals surface area contributed by atoms with Crippen molar-refractivity contribution in [2.75, 3.05) is 18.5 Å². The Bertz CT molecular complexity index is 394. The molecule has 1 aromatic heterocycles. The zero-order valence-electron chi connectivity index (χ0n) is 11.5. The minimum Gasteiger partial charge on any atom is -0.396 e. The normalized spacial score (nSPS) is 11.9. The van der Waals surface area contributed by atoms with E-state index in [-0.39, 0.29) is 17.9 Å². The SMILES string of the molecule is CC(C)c1nc(Cl)cc(NCC(C)(C)CCO)n1. The van der Waals surface area contributed by atoms with Gasteiger partial charge in [0.1, 0.15) is 16.8 Å². The van der Waals surface area contributed by atoms with Crippen LogP contribution in [0.3, 0.4) is 0 Å². The van der Waals surface area contributed by atoms with Crippen LogP contribution in [0.25, 0.3) is 0 Å². The fourth-order valence-corrected chi connectivity index (χ4v) is 1.69. The molecule has 0 unspecified atom stereocenters. The van der Waals surface area contributed by atoms with Gasteiger partial charge in [-0.05, 0) is 11.8 Å². The average molecular weight is 272 g/mol. The van der Waals surface area contributed by atoms with Crippen molar-refractivity contribution >= 4 is 17.4 Å².